The first-order valence-corrected chi connectivity index (χ1v) is 9.69. The Morgan fingerprint density at radius 3 is 2.78 bits per heavy atom. The Bertz CT molecular complexity index is 877. The van der Waals surface area contributed by atoms with Crippen LogP contribution in [0.4, 0.5) is 5.69 Å². The van der Waals surface area contributed by atoms with Crippen molar-refractivity contribution in [3.8, 4) is 5.75 Å². The minimum atomic E-state index is -0.315. The van der Waals surface area contributed by atoms with Gasteiger partial charge in [0.25, 0.3) is 0 Å². The molecule has 0 fully saturated rings. The monoisotopic (exact) mass is 381 g/mol. The fourth-order valence-corrected chi connectivity index (χ4v) is 3.88. The quantitative estimate of drug-likeness (QED) is 0.767. The molecular formula is C21H23N3O2S. The van der Waals surface area contributed by atoms with E-state index in [1.807, 2.05) is 12.1 Å². The fraction of sp³-hybridized carbons (Fsp3) is 0.238. The lowest BCUT2D eigenvalue weighted by Gasteiger charge is -2.29. The molecule has 1 heterocycles. The van der Waals surface area contributed by atoms with Gasteiger partial charge in [-0.25, -0.2) is 0 Å². The van der Waals surface area contributed by atoms with E-state index in [4.69, 9.17) is 10.5 Å². The number of benzene rings is 2. The molecule has 1 atom stereocenters. The highest BCUT2D eigenvalue weighted by Crippen LogP contribution is 2.35. The largest absolute Gasteiger partial charge is 0.497 e. The van der Waals surface area contributed by atoms with E-state index in [1.54, 1.807) is 49.2 Å². The van der Waals surface area contributed by atoms with E-state index in [-0.39, 0.29) is 11.4 Å². The van der Waals surface area contributed by atoms with Crippen LogP contribution in [0.2, 0.25) is 0 Å². The molecule has 0 saturated carbocycles. The molecule has 1 amide bonds. The lowest BCUT2D eigenvalue weighted by atomic mass is 9.89. The number of nitrogens with zero attached hydrogens (tertiary/aromatic N) is 1. The van der Waals surface area contributed by atoms with Crippen LogP contribution in [0, 0.1) is 0 Å². The molecule has 0 spiro atoms. The number of amides is 1. The van der Waals surface area contributed by atoms with Crippen molar-refractivity contribution in [2.24, 2.45) is 10.7 Å². The molecule has 0 radical (unpaired) electrons. The minimum Gasteiger partial charge on any atom is -0.497 e. The molecular weight excluding hydrogens is 358 g/mol. The van der Waals surface area contributed by atoms with E-state index >= 15 is 0 Å². The van der Waals surface area contributed by atoms with E-state index in [0.29, 0.717) is 5.17 Å². The summed E-state index contributed by atoms with van der Waals surface area (Å²) in [5.74, 6) is 1.52. The summed E-state index contributed by atoms with van der Waals surface area (Å²) in [5, 5.41) is 3.46. The second-order valence-electron chi connectivity index (χ2n) is 6.50. The van der Waals surface area contributed by atoms with Crippen LogP contribution in [0.5, 0.6) is 5.75 Å². The predicted octanol–water partition coefficient (Wildman–Crippen LogP) is 4.01. The number of hydrogen-bond donors (Lipinski definition) is 2. The number of nitrogens with two attached hydrogens (primary N) is 1. The molecule has 1 unspecified atom stereocenters. The van der Waals surface area contributed by atoms with Gasteiger partial charge >= 0.3 is 0 Å². The van der Waals surface area contributed by atoms with E-state index < -0.39 is 0 Å². The number of rotatable bonds is 5. The summed E-state index contributed by atoms with van der Waals surface area (Å²) >= 11 is 1.59. The predicted molar refractivity (Wildman–Crippen MR) is 113 cm³/mol. The third-order valence-corrected chi connectivity index (χ3v) is 5.28. The van der Waals surface area contributed by atoms with Gasteiger partial charge in [0, 0.05) is 17.5 Å². The Kier molecular flexibility index (Phi) is 5.86. The summed E-state index contributed by atoms with van der Waals surface area (Å²) in [6.07, 6.45) is 4.26. The van der Waals surface area contributed by atoms with Crippen LogP contribution in [-0.2, 0) is 10.3 Å². The molecule has 0 saturated heterocycles. The molecule has 2 aromatic rings. The zero-order valence-electron chi connectivity index (χ0n) is 15.4. The first-order valence-electron chi connectivity index (χ1n) is 8.70. The van der Waals surface area contributed by atoms with Gasteiger partial charge in [0.2, 0.25) is 5.91 Å². The average molecular weight is 382 g/mol. The maximum absolute atomic E-state index is 12.2. The van der Waals surface area contributed by atoms with Crippen molar-refractivity contribution in [3.63, 3.8) is 0 Å². The van der Waals surface area contributed by atoms with Crippen molar-refractivity contribution in [2.45, 2.75) is 18.9 Å². The number of carbonyl (C=O) groups excluding carboxylic acids is 1. The van der Waals surface area contributed by atoms with Crippen molar-refractivity contribution in [3.05, 3.63) is 65.7 Å². The molecule has 140 valence electrons. The second kappa shape index (κ2) is 8.31. The molecule has 5 nitrogen and oxygen atoms in total. The number of aliphatic imine (C=N–C) groups is 1. The molecule has 0 aromatic heterocycles. The molecule has 3 N–H and O–H groups in total. The van der Waals surface area contributed by atoms with Gasteiger partial charge in [0.15, 0.2) is 5.17 Å². The highest BCUT2D eigenvalue weighted by Gasteiger charge is 2.29. The topological polar surface area (TPSA) is 76.7 Å². The lowest BCUT2D eigenvalue weighted by Crippen LogP contribution is -2.28. The van der Waals surface area contributed by atoms with Crippen LogP contribution in [0.15, 0.2) is 59.6 Å². The Balaban J connectivity index is 1.70. The van der Waals surface area contributed by atoms with Crippen LogP contribution < -0.4 is 15.8 Å². The standard InChI is InChI=1S/C21H23N3O2S/c1-21(12-13-27-20(22)24-21)16-5-3-4-15(14-16)6-11-19(25)23-17-7-9-18(26-2)10-8-17/h3-11,14H,12-13H2,1-2H3,(H2,22,24)(H,23,25)/b11-6+. The number of ether oxygens (including phenoxy) is 1. The summed E-state index contributed by atoms with van der Waals surface area (Å²) in [4.78, 5) is 16.8. The molecule has 3 rings (SSSR count). The van der Waals surface area contributed by atoms with Gasteiger partial charge in [-0.05, 0) is 60.9 Å². The van der Waals surface area contributed by atoms with Crippen molar-refractivity contribution in [2.75, 3.05) is 18.2 Å². The SMILES string of the molecule is COc1ccc(NC(=O)/C=C/c2cccc(C3(C)CCSC(N)=N3)c2)cc1. The normalized spacial score (nSPS) is 19.6. The first-order chi connectivity index (χ1) is 13.0. The molecule has 0 aliphatic carbocycles. The maximum atomic E-state index is 12.2. The van der Waals surface area contributed by atoms with Crippen molar-refractivity contribution in [1.82, 2.24) is 0 Å². The molecule has 0 bridgehead atoms. The van der Waals surface area contributed by atoms with Crippen molar-refractivity contribution in [1.29, 1.82) is 0 Å². The fourth-order valence-electron chi connectivity index (χ4n) is 2.90. The Morgan fingerprint density at radius 1 is 1.30 bits per heavy atom. The van der Waals surface area contributed by atoms with Crippen molar-refractivity contribution < 1.29 is 9.53 Å². The van der Waals surface area contributed by atoms with E-state index in [9.17, 15) is 4.79 Å². The number of amidine groups is 1. The lowest BCUT2D eigenvalue weighted by molar-refractivity contribution is -0.111. The van der Waals surface area contributed by atoms with E-state index in [1.165, 1.54) is 6.08 Å². The molecule has 2 aromatic carbocycles. The van der Waals surface area contributed by atoms with Gasteiger partial charge < -0.3 is 15.8 Å². The van der Waals surface area contributed by atoms with Gasteiger partial charge in [0.05, 0.1) is 12.6 Å². The average Bonchev–Trinajstić information content (AvgIpc) is 2.67. The van der Waals surface area contributed by atoms with E-state index in [0.717, 1.165) is 34.7 Å². The Labute approximate surface area is 163 Å². The van der Waals surface area contributed by atoms with Crippen LogP contribution in [0.3, 0.4) is 0 Å². The van der Waals surface area contributed by atoms with Gasteiger partial charge in [-0.1, -0.05) is 30.0 Å². The summed E-state index contributed by atoms with van der Waals surface area (Å²) in [6, 6.07) is 15.3. The molecule has 6 heteroatoms. The number of nitrogens with one attached hydrogen (secondary N) is 1. The number of carbonyl (C=O) groups is 1. The van der Waals surface area contributed by atoms with Gasteiger partial charge in [0.1, 0.15) is 5.75 Å². The maximum Gasteiger partial charge on any atom is 0.248 e. The first kappa shape index (κ1) is 19.0. The summed E-state index contributed by atoms with van der Waals surface area (Å²) < 4.78 is 5.11. The van der Waals surface area contributed by atoms with Crippen LogP contribution in [-0.4, -0.2) is 23.9 Å². The van der Waals surface area contributed by atoms with Gasteiger partial charge in [-0.2, -0.15) is 0 Å². The van der Waals surface area contributed by atoms with Crippen molar-refractivity contribution >= 4 is 34.6 Å². The highest BCUT2D eigenvalue weighted by molar-refractivity contribution is 8.13. The Hall–Kier alpha value is -2.73. The number of anilines is 1. The van der Waals surface area contributed by atoms with Crippen LogP contribution in [0.1, 0.15) is 24.5 Å². The minimum absolute atomic E-state index is 0.187. The number of hydrogen-bond acceptors (Lipinski definition) is 5. The van der Waals surface area contributed by atoms with Crippen LogP contribution >= 0.6 is 11.8 Å². The van der Waals surface area contributed by atoms with E-state index in [2.05, 4.69) is 29.4 Å². The molecule has 1 aliphatic heterocycles. The van der Waals surface area contributed by atoms with Gasteiger partial charge in [-0.3, -0.25) is 9.79 Å². The summed E-state index contributed by atoms with van der Waals surface area (Å²) in [5.41, 5.74) is 8.37. The summed E-state index contributed by atoms with van der Waals surface area (Å²) in [6.45, 7) is 2.10. The van der Waals surface area contributed by atoms with Crippen LogP contribution in [0.25, 0.3) is 6.08 Å². The second-order valence-corrected chi connectivity index (χ2v) is 7.61. The van der Waals surface area contributed by atoms with Gasteiger partial charge in [-0.15, -0.1) is 0 Å². The third-order valence-electron chi connectivity index (χ3n) is 4.49. The summed E-state index contributed by atoms with van der Waals surface area (Å²) in [7, 11) is 1.61. The zero-order valence-corrected chi connectivity index (χ0v) is 16.3. The number of thioether (sulfide) groups is 1. The number of methoxy groups -OCH3 is 1. The molecule has 1 aliphatic rings. The zero-order chi connectivity index (χ0) is 19.3. The highest BCUT2D eigenvalue weighted by atomic mass is 32.2. The molecule has 27 heavy (non-hydrogen) atoms. The Morgan fingerprint density at radius 2 is 2.07 bits per heavy atom. The third kappa shape index (κ3) is 4.92. The smallest absolute Gasteiger partial charge is 0.248 e.